The van der Waals surface area contributed by atoms with Crippen molar-refractivity contribution < 1.29 is 0 Å². The Kier molecular flexibility index (Phi) is 7.04. The minimum atomic E-state index is 0.254. The molecule has 3 unspecified atom stereocenters. The highest BCUT2D eigenvalue weighted by Gasteiger charge is 2.37. The predicted octanol–water partition coefficient (Wildman–Crippen LogP) is 3.36. The van der Waals surface area contributed by atoms with Crippen molar-refractivity contribution in [2.24, 2.45) is 11.7 Å². The van der Waals surface area contributed by atoms with E-state index in [2.05, 4.69) is 44.4 Å². The summed E-state index contributed by atoms with van der Waals surface area (Å²) in [5, 5.41) is 0.813. The normalized spacial score (nSPS) is 26.8. The largest absolute Gasteiger partial charge is 0.329 e. The van der Waals surface area contributed by atoms with Crippen molar-refractivity contribution in [2.45, 2.75) is 64.2 Å². The molecular formula is C15H32N2S. The summed E-state index contributed by atoms with van der Waals surface area (Å²) < 4.78 is 0. The van der Waals surface area contributed by atoms with E-state index < -0.39 is 0 Å². The van der Waals surface area contributed by atoms with Gasteiger partial charge in [-0.25, -0.2) is 0 Å². The van der Waals surface area contributed by atoms with E-state index in [1.54, 1.807) is 0 Å². The second-order valence-corrected chi connectivity index (χ2v) is 7.25. The maximum atomic E-state index is 6.19. The molecule has 1 aliphatic heterocycles. The van der Waals surface area contributed by atoms with Gasteiger partial charge in [-0.2, -0.15) is 11.8 Å². The van der Waals surface area contributed by atoms with Gasteiger partial charge >= 0.3 is 0 Å². The van der Waals surface area contributed by atoms with Crippen LogP contribution in [0.3, 0.4) is 0 Å². The van der Waals surface area contributed by atoms with Gasteiger partial charge < -0.3 is 5.73 Å². The molecule has 0 aromatic rings. The fraction of sp³-hybridized carbons (Fsp3) is 1.00. The monoisotopic (exact) mass is 272 g/mol. The first-order valence-corrected chi connectivity index (χ1v) is 8.73. The maximum absolute atomic E-state index is 6.19. The Balaban J connectivity index is 2.75. The molecule has 1 fully saturated rings. The molecule has 0 amide bonds. The first-order chi connectivity index (χ1) is 8.61. The van der Waals surface area contributed by atoms with Gasteiger partial charge in [0.05, 0.1) is 0 Å². The highest BCUT2D eigenvalue weighted by atomic mass is 32.2. The topological polar surface area (TPSA) is 29.3 Å². The molecule has 3 atom stereocenters. The lowest BCUT2D eigenvalue weighted by Crippen LogP contribution is -2.58. The Bertz CT molecular complexity index is 229. The number of hydrogen-bond donors (Lipinski definition) is 1. The number of thioether (sulfide) groups is 1. The molecule has 0 aromatic heterocycles. The molecule has 1 aliphatic rings. The van der Waals surface area contributed by atoms with Crippen molar-refractivity contribution in [3.05, 3.63) is 0 Å². The summed E-state index contributed by atoms with van der Waals surface area (Å²) in [5.74, 6) is 2.06. The molecule has 108 valence electrons. The summed E-state index contributed by atoms with van der Waals surface area (Å²) in [6, 6.07) is 0. The maximum Gasteiger partial charge on any atom is 0.0332 e. The zero-order valence-corrected chi connectivity index (χ0v) is 13.6. The summed E-state index contributed by atoms with van der Waals surface area (Å²) in [6.07, 6.45) is 5.00. The molecule has 1 heterocycles. The van der Waals surface area contributed by atoms with Gasteiger partial charge in [-0.05, 0) is 25.2 Å². The molecule has 0 aromatic carbocycles. The third-order valence-electron chi connectivity index (χ3n) is 4.73. The van der Waals surface area contributed by atoms with E-state index in [9.17, 15) is 0 Å². The summed E-state index contributed by atoms with van der Waals surface area (Å²) in [5.41, 5.74) is 6.44. The van der Waals surface area contributed by atoms with Crippen LogP contribution in [0, 0.1) is 5.92 Å². The number of rotatable bonds is 7. The van der Waals surface area contributed by atoms with Crippen LogP contribution in [-0.4, -0.2) is 41.1 Å². The van der Waals surface area contributed by atoms with Crippen LogP contribution in [0.15, 0.2) is 0 Å². The SMILES string of the molecule is CCC(C)CC(CC)(CN)N1CCSC(CC)C1. The van der Waals surface area contributed by atoms with Crippen LogP contribution in [0.4, 0.5) is 0 Å². The average molecular weight is 273 g/mol. The van der Waals surface area contributed by atoms with Crippen LogP contribution < -0.4 is 5.73 Å². The number of hydrogen-bond acceptors (Lipinski definition) is 3. The van der Waals surface area contributed by atoms with Gasteiger partial charge in [0, 0.05) is 36.2 Å². The van der Waals surface area contributed by atoms with E-state index >= 15 is 0 Å². The van der Waals surface area contributed by atoms with Crippen molar-refractivity contribution in [2.75, 3.05) is 25.4 Å². The zero-order chi connectivity index (χ0) is 13.6. The Labute approximate surface area is 118 Å². The molecular weight excluding hydrogens is 240 g/mol. The Morgan fingerprint density at radius 2 is 2.11 bits per heavy atom. The van der Waals surface area contributed by atoms with Gasteiger partial charge in [-0.1, -0.05) is 34.1 Å². The predicted molar refractivity (Wildman–Crippen MR) is 84.3 cm³/mol. The molecule has 0 saturated carbocycles. The lowest BCUT2D eigenvalue weighted by molar-refractivity contribution is 0.0687. The fourth-order valence-corrected chi connectivity index (χ4v) is 4.22. The van der Waals surface area contributed by atoms with E-state index in [1.165, 1.54) is 44.5 Å². The molecule has 3 heteroatoms. The number of nitrogens with two attached hydrogens (primary N) is 1. The Morgan fingerprint density at radius 1 is 1.39 bits per heavy atom. The van der Waals surface area contributed by atoms with E-state index in [0.29, 0.717) is 0 Å². The Hall–Kier alpha value is 0.270. The van der Waals surface area contributed by atoms with E-state index in [4.69, 9.17) is 5.73 Å². The van der Waals surface area contributed by atoms with Gasteiger partial charge in [0.2, 0.25) is 0 Å². The minimum Gasteiger partial charge on any atom is -0.329 e. The molecule has 0 spiro atoms. The third-order valence-corrected chi connectivity index (χ3v) is 6.10. The van der Waals surface area contributed by atoms with Crippen LogP contribution in [0.1, 0.15) is 53.4 Å². The molecule has 18 heavy (non-hydrogen) atoms. The molecule has 2 N–H and O–H groups in total. The first-order valence-electron chi connectivity index (χ1n) is 7.68. The van der Waals surface area contributed by atoms with Crippen LogP contribution in [0.2, 0.25) is 0 Å². The quantitative estimate of drug-likeness (QED) is 0.770. The van der Waals surface area contributed by atoms with Crippen molar-refractivity contribution in [3.8, 4) is 0 Å². The second kappa shape index (κ2) is 7.76. The second-order valence-electron chi connectivity index (χ2n) is 5.85. The lowest BCUT2D eigenvalue weighted by atomic mass is 9.82. The smallest absolute Gasteiger partial charge is 0.0332 e. The highest BCUT2D eigenvalue weighted by Crippen LogP contribution is 2.33. The molecule has 0 aliphatic carbocycles. The van der Waals surface area contributed by atoms with Crippen molar-refractivity contribution in [3.63, 3.8) is 0 Å². The van der Waals surface area contributed by atoms with Crippen LogP contribution >= 0.6 is 11.8 Å². The van der Waals surface area contributed by atoms with Crippen LogP contribution in [0.25, 0.3) is 0 Å². The van der Waals surface area contributed by atoms with Gasteiger partial charge in [-0.3, -0.25) is 4.90 Å². The molecule has 1 rings (SSSR count). The van der Waals surface area contributed by atoms with Crippen molar-refractivity contribution >= 4 is 11.8 Å². The summed E-state index contributed by atoms with van der Waals surface area (Å²) in [7, 11) is 0. The van der Waals surface area contributed by atoms with Crippen molar-refractivity contribution in [1.29, 1.82) is 0 Å². The minimum absolute atomic E-state index is 0.254. The molecule has 0 bridgehead atoms. The molecule has 1 saturated heterocycles. The van der Waals surface area contributed by atoms with Gasteiger partial charge in [-0.15, -0.1) is 0 Å². The molecule has 2 nitrogen and oxygen atoms in total. The van der Waals surface area contributed by atoms with Gasteiger partial charge in [0.15, 0.2) is 0 Å². The van der Waals surface area contributed by atoms with E-state index in [-0.39, 0.29) is 5.54 Å². The summed E-state index contributed by atoms with van der Waals surface area (Å²) >= 11 is 2.15. The zero-order valence-electron chi connectivity index (χ0n) is 12.7. The van der Waals surface area contributed by atoms with Gasteiger partial charge in [0.25, 0.3) is 0 Å². The van der Waals surface area contributed by atoms with E-state index in [1.807, 2.05) is 0 Å². The Morgan fingerprint density at radius 3 is 2.61 bits per heavy atom. The van der Waals surface area contributed by atoms with Gasteiger partial charge in [0.1, 0.15) is 0 Å². The van der Waals surface area contributed by atoms with Crippen LogP contribution in [-0.2, 0) is 0 Å². The fourth-order valence-electron chi connectivity index (χ4n) is 3.04. The van der Waals surface area contributed by atoms with Crippen LogP contribution in [0.5, 0.6) is 0 Å². The number of nitrogens with zero attached hydrogens (tertiary/aromatic N) is 1. The van der Waals surface area contributed by atoms with E-state index in [0.717, 1.165) is 17.7 Å². The average Bonchev–Trinajstić information content (AvgIpc) is 2.44. The summed E-state index contributed by atoms with van der Waals surface area (Å²) in [4.78, 5) is 2.71. The molecule has 0 radical (unpaired) electrons. The third kappa shape index (κ3) is 3.88. The summed E-state index contributed by atoms with van der Waals surface area (Å²) in [6.45, 7) is 12.6. The highest BCUT2D eigenvalue weighted by molar-refractivity contribution is 8.00. The lowest BCUT2D eigenvalue weighted by Gasteiger charge is -2.48. The first kappa shape index (κ1) is 16.3. The standard InChI is InChI=1S/C15H32N2S/c1-5-13(4)10-15(7-3,12-16)17-8-9-18-14(6-2)11-17/h13-14H,5-12,16H2,1-4H3. The van der Waals surface area contributed by atoms with Crippen molar-refractivity contribution in [1.82, 2.24) is 4.90 Å².